The van der Waals surface area contributed by atoms with Gasteiger partial charge in [-0.2, -0.15) is 5.26 Å². The molecule has 0 bridgehead atoms. The molecule has 2 rings (SSSR count). The average Bonchev–Trinajstić information content (AvgIpc) is 2.47. The van der Waals surface area contributed by atoms with Gasteiger partial charge >= 0.3 is 0 Å². The van der Waals surface area contributed by atoms with E-state index in [-0.39, 0.29) is 0 Å². The molecule has 100 valence electrons. The molecule has 1 saturated carbocycles. The molecule has 19 heavy (non-hydrogen) atoms. The van der Waals surface area contributed by atoms with Crippen LogP contribution in [0, 0.1) is 23.2 Å². The largest absolute Gasteiger partial charge is 0.493 e. The molecule has 0 N–H and O–H groups in total. The number of ether oxygens (including phenoxy) is 1. The average molecular weight is 255 g/mol. The van der Waals surface area contributed by atoms with Crippen LogP contribution in [-0.2, 0) is 0 Å². The Morgan fingerprint density at radius 3 is 2.37 bits per heavy atom. The van der Waals surface area contributed by atoms with Crippen LogP contribution in [-0.4, -0.2) is 6.61 Å². The molecule has 2 nitrogen and oxygen atoms in total. The second-order valence-corrected chi connectivity index (χ2v) is 5.36. The third-order valence-electron chi connectivity index (χ3n) is 3.94. The number of nitriles is 1. The first-order chi connectivity index (χ1) is 9.31. The Labute approximate surface area is 115 Å². The SMILES string of the molecule is C=CCC1CCC(COc2ccc(C#N)cc2)CC1. The van der Waals surface area contributed by atoms with Gasteiger partial charge in [0.05, 0.1) is 18.2 Å². The van der Waals surface area contributed by atoms with Crippen LogP contribution in [0.15, 0.2) is 36.9 Å². The van der Waals surface area contributed by atoms with E-state index in [1.54, 1.807) is 12.1 Å². The fraction of sp³-hybridized carbons (Fsp3) is 0.471. The van der Waals surface area contributed by atoms with Gasteiger partial charge in [0.15, 0.2) is 0 Å². The van der Waals surface area contributed by atoms with E-state index in [9.17, 15) is 0 Å². The van der Waals surface area contributed by atoms with Crippen LogP contribution >= 0.6 is 0 Å². The van der Waals surface area contributed by atoms with E-state index >= 15 is 0 Å². The van der Waals surface area contributed by atoms with Crippen molar-refractivity contribution in [3.05, 3.63) is 42.5 Å². The van der Waals surface area contributed by atoms with Gasteiger partial charge in [0, 0.05) is 0 Å². The Morgan fingerprint density at radius 1 is 1.16 bits per heavy atom. The Kier molecular flexibility index (Phi) is 5.03. The van der Waals surface area contributed by atoms with Crippen LogP contribution in [0.4, 0.5) is 0 Å². The third kappa shape index (κ3) is 4.13. The fourth-order valence-corrected chi connectivity index (χ4v) is 2.71. The van der Waals surface area contributed by atoms with E-state index in [0.717, 1.165) is 24.7 Å². The maximum Gasteiger partial charge on any atom is 0.119 e. The fourth-order valence-electron chi connectivity index (χ4n) is 2.71. The maximum atomic E-state index is 8.73. The smallest absolute Gasteiger partial charge is 0.119 e. The summed E-state index contributed by atoms with van der Waals surface area (Å²) >= 11 is 0. The molecule has 1 aliphatic rings. The van der Waals surface area contributed by atoms with Gasteiger partial charge in [0.1, 0.15) is 5.75 Å². The van der Waals surface area contributed by atoms with E-state index in [1.165, 1.54) is 25.7 Å². The summed E-state index contributed by atoms with van der Waals surface area (Å²) < 4.78 is 5.81. The van der Waals surface area contributed by atoms with Gasteiger partial charge in [-0.25, -0.2) is 0 Å². The normalized spacial score (nSPS) is 22.5. The summed E-state index contributed by atoms with van der Waals surface area (Å²) in [6.45, 7) is 4.61. The van der Waals surface area contributed by atoms with Gasteiger partial charge in [0.25, 0.3) is 0 Å². The predicted octanol–water partition coefficient (Wildman–Crippen LogP) is 4.32. The number of rotatable bonds is 5. The molecule has 0 radical (unpaired) electrons. The Morgan fingerprint density at radius 2 is 1.79 bits per heavy atom. The van der Waals surface area contributed by atoms with E-state index < -0.39 is 0 Å². The van der Waals surface area contributed by atoms with Crippen molar-refractivity contribution in [1.29, 1.82) is 5.26 Å². The van der Waals surface area contributed by atoms with Crippen molar-refractivity contribution in [1.82, 2.24) is 0 Å². The monoisotopic (exact) mass is 255 g/mol. The first kappa shape index (κ1) is 13.7. The molecule has 0 heterocycles. The molecular weight excluding hydrogens is 234 g/mol. The van der Waals surface area contributed by atoms with Crippen molar-refractivity contribution in [3.63, 3.8) is 0 Å². The van der Waals surface area contributed by atoms with Crippen molar-refractivity contribution >= 4 is 0 Å². The van der Waals surface area contributed by atoms with Gasteiger partial charge in [-0.05, 0) is 68.2 Å². The molecule has 0 aliphatic heterocycles. The highest BCUT2D eigenvalue weighted by atomic mass is 16.5. The van der Waals surface area contributed by atoms with E-state index in [0.29, 0.717) is 11.5 Å². The minimum absolute atomic E-state index is 0.678. The summed E-state index contributed by atoms with van der Waals surface area (Å²) in [5.41, 5.74) is 0.678. The summed E-state index contributed by atoms with van der Waals surface area (Å²) in [6, 6.07) is 9.47. The molecule has 0 unspecified atom stereocenters. The quantitative estimate of drug-likeness (QED) is 0.734. The predicted molar refractivity (Wildman–Crippen MR) is 76.9 cm³/mol. The van der Waals surface area contributed by atoms with Gasteiger partial charge in [-0.1, -0.05) is 6.08 Å². The van der Waals surface area contributed by atoms with Crippen molar-refractivity contribution in [2.75, 3.05) is 6.61 Å². The number of benzene rings is 1. The number of allylic oxidation sites excluding steroid dienone is 1. The lowest BCUT2D eigenvalue weighted by Gasteiger charge is -2.27. The van der Waals surface area contributed by atoms with Crippen molar-refractivity contribution in [2.24, 2.45) is 11.8 Å². The Balaban J connectivity index is 1.74. The zero-order chi connectivity index (χ0) is 13.5. The summed E-state index contributed by atoms with van der Waals surface area (Å²) in [6.07, 6.45) is 8.31. The molecule has 1 aromatic rings. The van der Waals surface area contributed by atoms with Crippen LogP contribution in [0.25, 0.3) is 0 Å². The molecule has 0 aromatic heterocycles. The maximum absolute atomic E-state index is 8.73. The first-order valence-corrected chi connectivity index (χ1v) is 7.05. The van der Waals surface area contributed by atoms with Crippen LogP contribution in [0.2, 0.25) is 0 Å². The van der Waals surface area contributed by atoms with Crippen molar-refractivity contribution in [2.45, 2.75) is 32.1 Å². The second kappa shape index (κ2) is 6.99. The summed E-state index contributed by atoms with van der Waals surface area (Å²) in [5.74, 6) is 2.38. The molecule has 0 spiro atoms. The highest BCUT2D eigenvalue weighted by Gasteiger charge is 2.20. The molecule has 1 aliphatic carbocycles. The van der Waals surface area contributed by atoms with Crippen molar-refractivity contribution < 1.29 is 4.74 Å². The number of nitrogens with zero attached hydrogens (tertiary/aromatic N) is 1. The number of hydrogen-bond donors (Lipinski definition) is 0. The van der Waals surface area contributed by atoms with E-state index in [1.807, 2.05) is 18.2 Å². The lowest BCUT2D eigenvalue weighted by Crippen LogP contribution is -2.19. The summed E-state index contributed by atoms with van der Waals surface area (Å²) in [7, 11) is 0. The second-order valence-electron chi connectivity index (χ2n) is 5.36. The minimum atomic E-state index is 0.678. The number of hydrogen-bond acceptors (Lipinski definition) is 2. The Hall–Kier alpha value is -1.75. The van der Waals surface area contributed by atoms with Crippen LogP contribution < -0.4 is 4.74 Å². The van der Waals surface area contributed by atoms with Gasteiger partial charge in [-0.15, -0.1) is 6.58 Å². The lowest BCUT2D eigenvalue weighted by atomic mass is 9.81. The van der Waals surface area contributed by atoms with Gasteiger partial charge in [-0.3, -0.25) is 0 Å². The molecule has 2 heteroatoms. The Bertz CT molecular complexity index is 435. The highest BCUT2D eigenvalue weighted by molar-refractivity contribution is 5.34. The van der Waals surface area contributed by atoms with Crippen LogP contribution in [0.1, 0.15) is 37.7 Å². The summed E-state index contributed by atoms with van der Waals surface area (Å²) in [4.78, 5) is 0. The minimum Gasteiger partial charge on any atom is -0.493 e. The highest BCUT2D eigenvalue weighted by Crippen LogP contribution is 2.31. The first-order valence-electron chi connectivity index (χ1n) is 7.05. The molecule has 1 fully saturated rings. The molecule has 0 atom stereocenters. The molecule has 1 aromatic carbocycles. The summed E-state index contributed by atoms with van der Waals surface area (Å²) in [5, 5.41) is 8.73. The van der Waals surface area contributed by atoms with Gasteiger partial charge < -0.3 is 4.74 Å². The van der Waals surface area contributed by atoms with E-state index in [2.05, 4.69) is 12.6 Å². The standard InChI is InChI=1S/C17H21NO/c1-2-3-14-4-6-16(7-5-14)13-19-17-10-8-15(12-18)9-11-17/h2,8-11,14,16H,1,3-7,13H2. The topological polar surface area (TPSA) is 33.0 Å². The van der Waals surface area contributed by atoms with Crippen molar-refractivity contribution in [3.8, 4) is 11.8 Å². The molecule has 0 amide bonds. The zero-order valence-electron chi connectivity index (χ0n) is 11.3. The van der Waals surface area contributed by atoms with Gasteiger partial charge in [0.2, 0.25) is 0 Å². The lowest BCUT2D eigenvalue weighted by molar-refractivity contribution is 0.183. The third-order valence-corrected chi connectivity index (χ3v) is 3.94. The van der Waals surface area contributed by atoms with Crippen LogP contribution in [0.5, 0.6) is 5.75 Å². The van der Waals surface area contributed by atoms with Crippen LogP contribution in [0.3, 0.4) is 0 Å². The zero-order valence-corrected chi connectivity index (χ0v) is 11.3. The molecule has 0 saturated heterocycles. The van der Waals surface area contributed by atoms with E-state index in [4.69, 9.17) is 10.00 Å². The molecular formula is C17H21NO.